The molecule has 1 fully saturated rings. The Bertz CT molecular complexity index is 478. The first-order chi connectivity index (χ1) is 9.54. The highest BCUT2D eigenvalue weighted by Crippen LogP contribution is 2.36. The third-order valence-electron chi connectivity index (χ3n) is 4.07. The van der Waals surface area contributed by atoms with Gasteiger partial charge in [0.05, 0.1) is 22.8 Å². The maximum absolute atomic E-state index is 12.9. The lowest BCUT2D eigenvalue weighted by Crippen LogP contribution is -2.50. The second-order valence-electron chi connectivity index (χ2n) is 5.62. The van der Waals surface area contributed by atoms with Crippen molar-refractivity contribution in [3.05, 3.63) is 15.6 Å². The van der Waals surface area contributed by atoms with E-state index in [1.54, 1.807) is 7.11 Å². The number of ether oxygens (including phenoxy) is 1. The van der Waals surface area contributed by atoms with E-state index in [9.17, 15) is 4.79 Å². The molecule has 2 rings (SSSR count). The summed E-state index contributed by atoms with van der Waals surface area (Å²) in [5.74, 6) is 0.135. The van der Waals surface area contributed by atoms with Gasteiger partial charge in [0.25, 0.3) is 5.91 Å². The van der Waals surface area contributed by atoms with Gasteiger partial charge in [-0.2, -0.15) is 0 Å². The molecule has 112 valence electrons. The van der Waals surface area contributed by atoms with Gasteiger partial charge in [-0.25, -0.2) is 4.98 Å². The molecule has 1 atom stereocenters. The molecule has 0 unspecified atom stereocenters. The Labute approximate surface area is 125 Å². The molecule has 0 radical (unpaired) electrons. The molecule has 1 saturated heterocycles. The number of nitrogens with zero attached hydrogens (tertiary/aromatic N) is 2. The van der Waals surface area contributed by atoms with Gasteiger partial charge < -0.3 is 9.64 Å². The molecule has 1 aromatic rings. The van der Waals surface area contributed by atoms with Crippen molar-refractivity contribution >= 4 is 17.2 Å². The summed E-state index contributed by atoms with van der Waals surface area (Å²) in [5.41, 5.74) is 0.734. The highest BCUT2D eigenvalue weighted by molar-refractivity contribution is 7.13. The predicted molar refractivity (Wildman–Crippen MR) is 81.4 cm³/mol. The van der Waals surface area contributed by atoms with Gasteiger partial charge in [0.15, 0.2) is 0 Å². The number of aryl methyl sites for hydroxylation is 2. The molecule has 0 aromatic carbocycles. The zero-order chi connectivity index (χ0) is 14.8. The topological polar surface area (TPSA) is 42.4 Å². The number of carbonyl (C=O) groups is 1. The number of hydrogen-bond donors (Lipinski definition) is 0. The molecule has 0 aliphatic carbocycles. The van der Waals surface area contributed by atoms with E-state index in [4.69, 9.17) is 4.74 Å². The minimum absolute atomic E-state index is 0.120. The van der Waals surface area contributed by atoms with Gasteiger partial charge in [-0.3, -0.25) is 4.79 Å². The molecular formula is C15H24N2O2S. The molecule has 0 bridgehead atoms. The van der Waals surface area contributed by atoms with Crippen LogP contribution in [0.1, 0.15) is 53.0 Å². The van der Waals surface area contributed by atoms with E-state index in [-0.39, 0.29) is 11.4 Å². The predicted octanol–water partition coefficient (Wildman–Crippen LogP) is 3.18. The van der Waals surface area contributed by atoms with Gasteiger partial charge in [-0.1, -0.05) is 13.3 Å². The zero-order valence-corrected chi connectivity index (χ0v) is 13.7. The molecule has 20 heavy (non-hydrogen) atoms. The first-order valence-electron chi connectivity index (χ1n) is 7.29. The molecule has 1 aliphatic rings. The number of amides is 1. The maximum atomic E-state index is 12.9. The standard InChI is InChI=1S/C15H24N2O2S/c1-5-7-15(10-19-4)8-6-9-17(15)14(18)13-11(2)16-12(3)20-13/h5-10H2,1-4H3/t15-/m1/s1. The van der Waals surface area contributed by atoms with Crippen LogP contribution in [-0.2, 0) is 4.74 Å². The Morgan fingerprint density at radius 3 is 2.80 bits per heavy atom. The van der Waals surface area contributed by atoms with Crippen LogP contribution in [0, 0.1) is 13.8 Å². The van der Waals surface area contributed by atoms with E-state index in [0.717, 1.165) is 47.8 Å². The van der Waals surface area contributed by atoms with Crippen molar-refractivity contribution in [2.24, 2.45) is 0 Å². The first-order valence-corrected chi connectivity index (χ1v) is 8.10. The van der Waals surface area contributed by atoms with Crippen LogP contribution < -0.4 is 0 Å². The molecule has 1 aromatic heterocycles. The number of aromatic nitrogens is 1. The third-order valence-corrected chi connectivity index (χ3v) is 5.13. The molecule has 4 nitrogen and oxygen atoms in total. The van der Waals surface area contributed by atoms with Gasteiger partial charge in [0, 0.05) is 13.7 Å². The van der Waals surface area contributed by atoms with E-state index < -0.39 is 0 Å². The summed E-state index contributed by atoms with van der Waals surface area (Å²) in [6.45, 7) is 7.50. The fraction of sp³-hybridized carbons (Fsp3) is 0.733. The van der Waals surface area contributed by atoms with Crippen molar-refractivity contribution in [3.63, 3.8) is 0 Å². The molecule has 5 heteroatoms. The Morgan fingerprint density at radius 1 is 1.50 bits per heavy atom. The van der Waals surface area contributed by atoms with Crippen LogP contribution in [-0.4, -0.2) is 41.6 Å². The van der Waals surface area contributed by atoms with Crippen LogP contribution in [0.5, 0.6) is 0 Å². The van der Waals surface area contributed by atoms with Gasteiger partial charge in [0.2, 0.25) is 0 Å². The highest BCUT2D eigenvalue weighted by atomic mass is 32.1. The van der Waals surface area contributed by atoms with Gasteiger partial charge >= 0.3 is 0 Å². The van der Waals surface area contributed by atoms with Crippen molar-refractivity contribution in [1.82, 2.24) is 9.88 Å². The van der Waals surface area contributed by atoms with E-state index in [1.165, 1.54) is 11.3 Å². The Kier molecular flexibility index (Phi) is 4.81. The number of thiazole rings is 1. The van der Waals surface area contributed by atoms with Gasteiger partial charge in [0.1, 0.15) is 4.88 Å². The summed E-state index contributed by atoms with van der Waals surface area (Å²) in [6, 6.07) is 0. The molecular weight excluding hydrogens is 272 g/mol. The lowest BCUT2D eigenvalue weighted by molar-refractivity contribution is 0.0257. The molecule has 2 heterocycles. The molecule has 0 saturated carbocycles. The second-order valence-corrected chi connectivity index (χ2v) is 6.82. The molecule has 0 spiro atoms. The number of methoxy groups -OCH3 is 1. The van der Waals surface area contributed by atoms with Crippen LogP contribution >= 0.6 is 11.3 Å². The van der Waals surface area contributed by atoms with Gasteiger partial charge in [-0.05, 0) is 33.1 Å². The van der Waals surface area contributed by atoms with Crippen molar-refractivity contribution in [2.75, 3.05) is 20.3 Å². The van der Waals surface area contributed by atoms with Crippen LogP contribution in [0.25, 0.3) is 0 Å². The van der Waals surface area contributed by atoms with Crippen LogP contribution in [0.2, 0.25) is 0 Å². The van der Waals surface area contributed by atoms with Crippen LogP contribution in [0.4, 0.5) is 0 Å². The minimum atomic E-state index is -0.120. The summed E-state index contributed by atoms with van der Waals surface area (Å²) in [4.78, 5) is 20.1. The van der Waals surface area contributed by atoms with Crippen molar-refractivity contribution < 1.29 is 9.53 Å². The SMILES string of the molecule is CCC[C@]1(COC)CCCN1C(=O)c1sc(C)nc1C. The average molecular weight is 296 g/mol. The zero-order valence-electron chi connectivity index (χ0n) is 12.9. The number of rotatable bonds is 5. The smallest absolute Gasteiger partial charge is 0.266 e. The van der Waals surface area contributed by atoms with Crippen LogP contribution in [0.3, 0.4) is 0 Å². The van der Waals surface area contributed by atoms with Crippen molar-refractivity contribution in [3.8, 4) is 0 Å². The van der Waals surface area contributed by atoms with Gasteiger partial charge in [-0.15, -0.1) is 11.3 Å². The number of carbonyl (C=O) groups excluding carboxylic acids is 1. The quantitative estimate of drug-likeness (QED) is 0.838. The van der Waals surface area contributed by atoms with Crippen LogP contribution in [0.15, 0.2) is 0 Å². The number of likely N-dealkylation sites (tertiary alicyclic amines) is 1. The third kappa shape index (κ3) is 2.74. The molecule has 1 aliphatic heterocycles. The molecule has 1 amide bonds. The molecule has 0 N–H and O–H groups in total. The summed E-state index contributed by atoms with van der Waals surface area (Å²) in [5, 5.41) is 0.956. The van der Waals surface area contributed by atoms with E-state index >= 15 is 0 Å². The maximum Gasteiger partial charge on any atom is 0.266 e. The summed E-state index contributed by atoms with van der Waals surface area (Å²) in [6.07, 6.45) is 4.17. The summed E-state index contributed by atoms with van der Waals surface area (Å²) in [7, 11) is 1.72. The van der Waals surface area contributed by atoms with E-state index in [0.29, 0.717) is 6.61 Å². The van der Waals surface area contributed by atoms with Crippen molar-refractivity contribution in [1.29, 1.82) is 0 Å². The lowest BCUT2D eigenvalue weighted by Gasteiger charge is -2.38. The second kappa shape index (κ2) is 6.22. The summed E-state index contributed by atoms with van der Waals surface area (Å²) < 4.78 is 5.43. The largest absolute Gasteiger partial charge is 0.382 e. The Hall–Kier alpha value is -0.940. The minimum Gasteiger partial charge on any atom is -0.382 e. The fourth-order valence-electron chi connectivity index (χ4n) is 3.32. The Balaban J connectivity index is 2.29. The normalized spacial score (nSPS) is 22.5. The van der Waals surface area contributed by atoms with E-state index in [2.05, 4.69) is 11.9 Å². The first kappa shape index (κ1) is 15.4. The highest BCUT2D eigenvalue weighted by Gasteiger charge is 2.43. The fourth-order valence-corrected chi connectivity index (χ4v) is 4.19. The Morgan fingerprint density at radius 2 is 2.25 bits per heavy atom. The number of hydrogen-bond acceptors (Lipinski definition) is 4. The monoisotopic (exact) mass is 296 g/mol. The van der Waals surface area contributed by atoms with Crippen molar-refractivity contribution in [2.45, 2.75) is 52.0 Å². The summed E-state index contributed by atoms with van der Waals surface area (Å²) >= 11 is 1.50. The average Bonchev–Trinajstić information content (AvgIpc) is 2.93. The lowest BCUT2D eigenvalue weighted by atomic mass is 9.91. The van der Waals surface area contributed by atoms with E-state index in [1.807, 2.05) is 18.7 Å².